The third-order valence-electron chi connectivity index (χ3n) is 4.28. The van der Waals surface area contributed by atoms with Crippen LogP contribution in [-0.2, 0) is 0 Å². The zero-order valence-corrected chi connectivity index (χ0v) is 13.9. The van der Waals surface area contributed by atoms with Gasteiger partial charge in [0, 0.05) is 39.4 Å². The van der Waals surface area contributed by atoms with E-state index in [1.807, 2.05) is 4.90 Å². The predicted molar refractivity (Wildman–Crippen MR) is 92.0 cm³/mol. The highest BCUT2D eigenvalue weighted by atomic mass is 19.1. The van der Waals surface area contributed by atoms with Crippen molar-refractivity contribution in [2.45, 2.75) is 0 Å². The van der Waals surface area contributed by atoms with Gasteiger partial charge in [0.15, 0.2) is 11.6 Å². The van der Waals surface area contributed by atoms with E-state index >= 15 is 0 Å². The van der Waals surface area contributed by atoms with Crippen LogP contribution in [0.15, 0.2) is 17.1 Å². The molecule has 0 spiro atoms. The molecule has 0 bridgehead atoms. The third-order valence-corrected chi connectivity index (χ3v) is 4.28. The van der Waals surface area contributed by atoms with Crippen LogP contribution in [0.5, 0.6) is 5.75 Å². The highest BCUT2D eigenvalue weighted by Crippen LogP contribution is 2.37. The molecule has 1 aliphatic heterocycles. The number of ether oxygens (including phenoxy) is 1. The number of pyridine rings is 1. The Kier molecular flexibility index (Phi) is 4.49. The maximum atomic E-state index is 14.8. The number of fused-ring (bicyclic) bond motifs is 1. The van der Waals surface area contributed by atoms with Crippen molar-refractivity contribution in [2.24, 2.45) is 0 Å². The van der Waals surface area contributed by atoms with Crippen molar-refractivity contribution in [1.29, 1.82) is 0 Å². The number of methoxy groups -OCH3 is 1. The number of benzene rings is 1. The monoisotopic (exact) mass is 350 g/mol. The fourth-order valence-corrected chi connectivity index (χ4v) is 3.12. The van der Waals surface area contributed by atoms with E-state index in [4.69, 9.17) is 4.74 Å². The van der Waals surface area contributed by atoms with Gasteiger partial charge in [-0.3, -0.25) is 9.47 Å². The number of nitrogens with one attached hydrogen (secondary N) is 2. The minimum atomic E-state index is -1.37. The number of anilines is 1. The van der Waals surface area contributed by atoms with E-state index < -0.39 is 22.8 Å². The first-order valence-corrected chi connectivity index (χ1v) is 7.82. The average Bonchev–Trinajstić information content (AvgIpc) is 2.61. The molecule has 2 aromatic rings. The molecular formula is C16H19FN4O4. The van der Waals surface area contributed by atoms with Crippen LogP contribution in [0.25, 0.3) is 10.9 Å². The van der Waals surface area contributed by atoms with Gasteiger partial charge < -0.3 is 25.5 Å². The number of carboxylic acids is 1. The minimum Gasteiger partial charge on any atom is -0.492 e. The van der Waals surface area contributed by atoms with Gasteiger partial charge in [0.05, 0.1) is 12.5 Å². The lowest BCUT2D eigenvalue weighted by atomic mass is 10.1. The summed E-state index contributed by atoms with van der Waals surface area (Å²) in [5.74, 6) is -1.80. The third kappa shape index (κ3) is 2.76. The molecule has 2 heterocycles. The Morgan fingerprint density at radius 1 is 1.40 bits per heavy atom. The topological polar surface area (TPSA) is 95.8 Å². The molecule has 0 radical (unpaired) electrons. The summed E-state index contributed by atoms with van der Waals surface area (Å²) in [6.45, 7) is 2.60. The lowest BCUT2D eigenvalue weighted by Gasteiger charge is -2.31. The first-order chi connectivity index (χ1) is 12.0. The quantitative estimate of drug-likeness (QED) is 0.736. The molecular weight excluding hydrogens is 331 g/mol. The van der Waals surface area contributed by atoms with Gasteiger partial charge in [-0.15, -0.1) is 0 Å². The van der Waals surface area contributed by atoms with E-state index in [9.17, 15) is 19.1 Å². The largest absolute Gasteiger partial charge is 0.492 e. The Morgan fingerprint density at radius 2 is 2.08 bits per heavy atom. The molecule has 3 N–H and O–H groups in total. The highest BCUT2D eigenvalue weighted by Gasteiger charge is 2.26. The van der Waals surface area contributed by atoms with Crippen molar-refractivity contribution in [1.82, 2.24) is 9.99 Å². The molecule has 134 valence electrons. The Labute approximate surface area is 142 Å². The number of carboxylic acid groups (broad SMARTS) is 1. The molecule has 1 fully saturated rings. The molecule has 9 heteroatoms. The highest BCUT2D eigenvalue weighted by molar-refractivity contribution is 5.97. The Morgan fingerprint density at radius 3 is 2.64 bits per heavy atom. The van der Waals surface area contributed by atoms with Crippen LogP contribution in [0.1, 0.15) is 10.4 Å². The number of carbonyl (C=O) groups is 1. The summed E-state index contributed by atoms with van der Waals surface area (Å²) in [6.07, 6.45) is 1.18. The molecule has 0 saturated carbocycles. The minimum absolute atomic E-state index is 0.0533. The summed E-state index contributed by atoms with van der Waals surface area (Å²) in [5.41, 5.74) is 2.17. The van der Waals surface area contributed by atoms with Crippen LogP contribution in [-0.4, -0.2) is 56.1 Å². The molecule has 1 aromatic carbocycles. The predicted octanol–water partition coefficient (Wildman–Crippen LogP) is 0.430. The van der Waals surface area contributed by atoms with Crippen molar-refractivity contribution >= 4 is 22.6 Å². The summed E-state index contributed by atoms with van der Waals surface area (Å²) in [7, 11) is 2.97. The molecule has 1 aliphatic rings. The standard InChI is InChI=1S/C16H19FN4O4/c1-18-21-8-10(16(23)24)14(22)9-7-11(17)13(15(25-2)12(9)21)20-5-3-19-4-6-20/h7-8,18-19H,3-6H2,1-2H3,(H,23,24). The maximum absolute atomic E-state index is 14.8. The molecule has 8 nitrogen and oxygen atoms in total. The number of hydrogen-bond acceptors (Lipinski definition) is 6. The second-order valence-electron chi connectivity index (χ2n) is 5.64. The molecule has 1 aromatic heterocycles. The number of aromatic carboxylic acids is 1. The summed E-state index contributed by atoms with van der Waals surface area (Å²) in [5, 5.41) is 12.4. The molecule has 3 rings (SSSR count). The van der Waals surface area contributed by atoms with E-state index in [2.05, 4.69) is 10.7 Å². The molecule has 0 atom stereocenters. The fourth-order valence-electron chi connectivity index (χ4n) is 3.12. The van der Waals surface area contributed by atoms with Gasteiger partial charge >= 0.3 is 5.97 Å². The lowest BCUT2D eigenvalue weighted by Crippen LogP contribution is -2.44. The van der Waals surface area contributed by atoms with Gasteiger partial charge in [0.25, 0.3) is 0 Å². The van der Waals surface area contributed by atoms with Crippen LogP contribution in [0.3, 0.4) is 0 Å². The van der Waals surface area contributed by atoms with Gasteiger partial charge in [-0.2, -0.15) is 0 Å². The fraction of sp³-hybridized carbons (Fsp3) is 0.375. The second kappa shape index (κ2) is 6.60. The van der Waals surface area contributed by atoms with Crippen molar-refractivity contribution in [3.63, 3.8) is 0 Å². The van der Waals surface area contributed by atoms with E-state index in [1.54, 1.807) is 7.05 Å². The number of piperazine rings is 1. The van der Waals surface area contributed by atoms with Gasteiger partial charge in [-0.05, 0) is 6.07 Å². The van der Waals surface area contributed by atoms with Gasteiger partial charge in [0.1, 0.15) is 16.8 Å². The second-order valence-corrected chi connectivity index (χ2v) is 5.64. The number of aromatic nitrogens is 1. The first-order valence-electron chi connectivity index (χ1n) is 7.82. The summed E-state index contributed by atoms with van der Waals surface area (Å²) < 4.78 is 21.6. The molecule has 0 unspecified atom stereocenters. The van der Waals surface area contributed by atoms with E-state index in [0.29, 0.717) is 31.7 Å². The summed E-state index contributed by atoms with van der Waals surface area (Å²) >= 11 is 0. The van der Waals surface area contributed by atoms with Gasteiger partial charge in [-0.25, -0.2) is 9.18 Å². The zero-order chi connectivity index (χ0) is 18.1. The number of nitrogens with zero attached hydrogens (tertiary/aromatic N) is 2. The van der Waals surface area contributed by atoms with Crippen LogP contribution >= 0.6 is 0 Å². The van der Waals surface area contributed by atoms with Crippen molar-refractivity contribution in [3.8, 4) is 5.75 Å². The zero-order valence-electron chi connectivity index (χ0n) is 13.9. The molecule has 0 amide bonds. The molecule has 0 aliphatic carbocycles. The Balaban J connectivity index is 2.38. The van der Waals surface area contributed by atoms with Crippen LogP contribution in [0.2, 0.25) is 0 Å². The van der Waals surface area contributed by atoms with Crippen molar-refractivity contribution in [2.75, 3.05) is 50.7 Å². The maximum Gasteiger partial charge on any atom is 0.341 e. The van der Waals surface area contributed by atoms with Crippen LogP contribution < -0.4 is 25.8 Å². The summed E-state index contributed by atoms with van der Waals surface area (Å²) in [4.78, 5) is 25.6. The molecule has 25 heavy (non-hydrogen) atoms. The average molecular weight is 350 g/mol. The van der Waals surface area contributed by atoms with E-state index in [1.165, 1.54) is 18.0 Å². The Hall–Kier alpha value is -2.81. The van der Waals surface area contributed by atoms with Crippen molar-refractivity contribution < 1.29 is 19.0 Å². The first kappa shape index (κ1) is 17.0. The Bertz CT molecular complexity index is 890. The van der Waals surface area contributed by atoms with Crippen molar-refractivity contribution in [3.05, 3.63) is 33.9 Å². The number of rotatable bonds is 4. The normalized spacial score (nSPS) is 14.6. The van der Waals surface area contributed by atoms with E-state index in [0.717, 1.165) is 6.07 Å². The molecule has 1 saturated heterocycles. The van der Waals surface area contributed by atoms with Gasteiger partial charge in [-0.1, -0.05) is 0 Å². The summed E-state index contributed by atoms with van der Waals surface area (Å²) in [6, 6.07) is 1.08. The number of halogens is 1. The lowest BCUT2D eigenvalue weighted by molar-refractivity contribution is 0.0695. The SMILES string of the molecule is CNn1cc(C(=O)O)c(=O)c2cc(F)c(N3CCNCC3)c(OC)c21. The van der Waals surface area contributed by atoms with Crippen LogP contribution in [0.4, 0.5) is 10.1 Å². The van der Waals surface area contributed by atoms with Crippen LogP contribution in [0, 0.1) is 5.82 Å². The smallest absolute Gasteiger partial charge is 0.341 e. The van der Waals surface area contributed by atoms with Gasteiger partial charge in [0.2, 0.25) is 5.43 Å². The van der Waals surface area contributed by atoms with E-state index in [-0.39, 0.29) is 16.8 Å². The number of hydrogen-bond donors (Lipinski definition) is 3.